The van der Waals surface area contributed by atoms with Gasteiger partial charge in [-0.1, -0.05) is 12.1 Å². The maximum atomic E-state index is 12.6. The Morgan fingerprint density at radius 2 is 1.89 bits per heavy atom. The topological polar surface area (TPSA) is 100 Å². The van der Waals surface area contributed by atoms with E-state index in [1.807, 2.05) is 0 Å². The second-order valence-electron chi connectivity index (χ2n) is 6.27. The predicted molar refractivity (Wildman–Crippen MR) is 107 cm³/mol. The monoisotopic (exact) mass is 460 g/mol. The second kappa shape index (κ2) is 10.2. The number of hydrazine groups is 1. The molecule has 2 aliphatic rings. The Labute approximate surface area is 170 Å². The van der Waals surface area contributed by atoms with E-state index in [4.69, 9.17) is 4.74 Å². The second-order valence-corrected chi connectivity index (χ2v) is 8.20. The van der Waals surface area contributed by atoms with E-state index in [0.717, 1.165) is 30.8 Å². The van der Waals surface area contributed by atoms with Crippen molar-refractivity contribution in [2.75, 3.05) is 32.8 Å². The third kappa shape index (κ3) is 6.00. The van der Waals surface area contributed by atoms with Crippen molar-refractivity contribution in [2.45, 2.75) is 30.6 Å². The number of amidine groups is 1. The normalized spacial score (nSPS) is 17.7. The molecule has 2 N–H and O–H groups in total. The predicted octanol–water partition coefficient (Wildman–Crippen LogP) is 1.03. The van der Waals surface area contributed by atoms with Crippen molar-refractivity contribution >= 4 is 38.7 Å². The quantitative estimate of drug-likeness (QED) is 0.639. The van der Waals surface area contributed by atoms with E-state index >= 15 is 0 Å². The molecule has 0 radical (unpaired) electrons. The molecular formula is C17H25BrN4O4S. The fourth-order valence-corrected chi connectivity index (χ4v) is 4.28. The zero-order chi connectivity index (χ0) is 18.4. The Morgan fingerprint density at radius 1 is 1.19 bits per heavy atom. The van der Waals surface area contributed by atoms with Crippen molar-refractivity contribution in [3.63, 3.8) is 0 Å². The van der Waals surface area contributed by atoms with Crippen LogP contribution < -0.4 is 10.9 Å². The van der Waals surface area contributed by atoms with Crippen molar-refractivity contribution in [3.8, 4) is 0 Å². The lowest BCUT2D eigenvalue weighted by Crippen LogP contribution is -2.41. The van der Waals surface area contributed by atoms with Crippen LogP contribution in [-0.2, 0) is 26.0 Å². The average Bonchev–Trinajstić information content (AvgIpc) is 3.19. The third-order valence-corrected chi connectivity index (χ3v) is 6.31. The molecule has 1 aromatic carbocycles. The molecule has 1 aromatic rings. The number of sulfonamides is 1. The Balaban J connectivity index is 0.00000261. The van der Waals surface area contributed by atoms with Gasteiger partial charge in [0.15, 0.2) is 0 Å². The van der Waals surface area contributed by atoms with Crippen LogP contribution in [0, 0.1) is 0 Å². The van der Waals surface area contributed by atoms with Crippen molar-refractivity contribution in [3.05, 3.63) is 29.8 Å². The van der Waals surface area contributed by atoms with E-state index in [1.165, 1.54) is 4.31 Å². The van der Waals surface area contributed by atoms with Gasteiger partial charge in [0.1, 0.15) is 5.84 Å². The summed E-state index contributed by atoms with van der Waals surface area (Å²) in [5, 5.41) is 0. The fourth-order valence-electron chi connectivity index (χ4n) is 2.87. The van der Waals surface area contributed by atoms with E-state index in [-0.39, 0.29) is 27.8 Å². The molecule has 1 fully saturated rings. The molecule has 2 aliphatic heterocycles. The molecule has 0 saturated carbocycles. The third-order valence-electron chi connectivity index (χ3n) is 4.39. The SMILES string of the molecule is Br.O=C(CCc1ccc(S(=O)(=O)N2CCOCC2)cc1)NNC1=NCCC1. The first-order valence-corrected chi connectivity index (χ1v) is 10.2. The van der Waals surface area contributed by atoms with Crippen LogP contribution in [0.2, 0.25) is 0 Å². The highest BCUT2D eigenvalue weighted by molar-refractivity contribution is 8.93. The lowest BCUT2D eigenvalue weighted by molar-refractivity contribution is -0.121. The summed E-state index contributed by atoms with van der Waals surface area (Å²) < 4.78 is 31.8. The zero-order valence-electron chi connectivity index (χ0n) is 15.0. The van der Waals surface area contributed by atoms with Crippen molar-refractivity contribution in [1.29, 1.82) is 0 Å². The number of halogens is 1. The van der Waals surface area contributed by atoms with Gasteiger partial charge in [0.25, 0.3) is 0 Å². The Morgan fingerprint density at radius 3 is 2.52 bits per heavy atom. The number of hydrogen-bond donors (Lipinski definition) is 2. The van der Waals surface area contributed by atoms with Gasteiger partial charge in [-0.15, -0.1) is 17.0 Å². The van der Waals surface area contributed by atoms with Crippen LogP contribution in [0.5, 0.6) is 0 Å². The summed E-state index contributed by atoms with van der Waals surface area (Å²) in [6.45, 7) is 2.41. The van der Waals surface area contributed by atoms with Crippen molar-refractivity contribution in [2.24, 2.45) is 4.99 Å². The van der Waals surface area contributed by atoms with Crippen molar-refractivity contribution < 1.29 is 17.9 Å². The van der Waals surface area contributed by atoms with Crippen LogP contribution >= 0.6 is 17.0 Å². The van der Waals surface area contributed by atoms with Gasteiger partial charge < -0.3 is 4.74 Å². The summed E-state index contributed by atoms with van der Waals surface area (Å²) in [5.41, 5.74) is 6.39. The molecule has 0 bridgehead atoms. The smallest absolute Gasteiger partial charge is 0.243 e. The zero-order valence-corrected chi connectivity index (χ0v) is 17.5. The standard InChI is InChI=1S/C17H24N4O4S.BrH/c22-17(20-19-16-2-1-9-18-16)8-5-14-3-6-15(7-4-14)26(23,24)21-10-12-25-13-11-21;/h3-4,6-7H,1-2,5,8-13H2,(H,18,19)(H,20,22);1H. The maximum absolute atomic E-state index is 12.6. The van der Waals surface area contributed by atoms with Gasteiger partial charge in [0, 0.05) is 32.5 Å². The average molecular weight is 461 g/mol. The minimum Gasteiger partial charge on any atom is -0.379 e. The first-order valence-electron chi connectivity index (χ1n) is 8.81. The minimum absolute atomic E-state index is 0. The number of ether oxygens (including phenoxy) is 1. The van der Waals surface area contributed by atoms with Crippen LogP contribution in [0.4, 0.5) is 0 Å². The van der Waals surface area contributed by atoms with Crippen LogP contribution in [-0.4, -0.2) is 57.3 Å². The molecule has 150 valence electrons. The molecule has 0 spiro atoms. The summed E-state index contributed by atoms with van der Waals surface area (Å²) in [4.78, 5) is 16.4. The van der Waals surface area contributed by atoms with E-state index in [0.29, 0.717) is 39.1 Å². The number of nitrogens with zero attached hydrogens (tertiary/aromatic N) is 2. The highest BCUT2D eigenvalue weighted by Crippen LogP contribution is 2.18. The molecular weight excluding hydrogens is 436 g/mol. The van der Waals surface area contributed by atoms with Gasteiger partial charge in [-0.2, -0.15) is 4.31 Å². The van der Waals surface area contributed by atoms with Crippen molar-refractivity contribution in [1.82, 2.24) is 15.2 Å². The summed E-state index contributed by atoms with van der Waals surface area (Å²) in [6.07, 6.45) is 2.73. The molecule has 1 saturated heterocycles. The van der Waals surface area contributed by atoms with E-state index in [1.54, 1.807) is 24.3 Å². The summed E-state index contributed by atoms with van der Waals surface area (Å²) in [5.74, 6) is 0.695. The first kappa shape index (κ1) is 21.8. The number of amides is 1. The van der Waals surface area contributed by atoms with Gasteiger partial charge in [-0.25, -0.2) is 8.42 Å². The van der Waals surface area contributed by atoms with E-state index in [9.17, 15) is 13.2 Å². The number of hydrogen-bond acceptors (Lipinski definition) is 6. The first-order chi connectivity index (χ1) is 12.6. The van der Waals surface area contributed by atoms with Gasteiger partial charge in [0.2, 0.25) is 15.9 Å². The molecule has 3 rings (SSSR count). The minimum atomic E-state index is -3.48. The van der Waals surface area contributed by atoms with Gasteiger partial charge in [-0.3, -0.25) is 20.6 Å². The lowest BCUT2D eigenvalue weighted by Gasteiger charge is -2.26. The number of nitrogens with one attached hydrogen (secondary N) is 2. The molecule has 0 aliphatic carbocycles. The highest BCUT2D eigenvalue weighted by atomic mass is 79.9. The maximum Gasteiger partial charge on any atom is 0.243 e. The van der Waals surface area contributed by atoms with Crippen LogP contribution in [0.15, 0.2) is 34.2 Å². The number of carbonyl (C=O) groups is 1. The number of carbonyl (C=O) groups excluding carboxylic acids is 1. The van der Waals surface area contributed by atoms with Gasteiger partial charge in [0.05, 0.1) is 18.1 Å². The molecule has 0 aromatic heterocycles. The largest absolute Gasteiger partial charge is 0.379 e. The number of rotatable bonds is 5. The van der Waals surface area contributed by atoms with E-state index < -0.39 is 10.0 Å². The van der Waals surface area contributed by atoms with Crippen LogP contribution in [0.25, 0.3) is 0 Å². The fraction of sp³-hybridized carbons (Fsp3) is 0.529. The molecule has 0 unspecified atom stereocenters. The molecule has 0 atom stereocenters. The van der Waals surface area contributed by atoms with Gasteiger partial charge in [-0.05, 0) is 30.5 Å². The number of morpholine rings is 1. The molecule has 10 heteroatoms. The Bertz CT molecular complexity index is 762. The lowest BCUT2D eigenvalue weighted by atomic mass is 10.1. The van der Waals surface area contributed by atoms with Gasteiger partial charge >= 0.3 is 0 Å². The molecule has 27 heavy (non-hydrogen) atoms. The number of aliphatic imine (C=N–C) groups is 1. The number of aryl methyl sites for hydroxylation is 1. The summed E-state index contributed by atoms with van der Waals surface area (Å²) >= 11 is 0. The highest BCUT2D eigenvalue weighted by Gasteiger charge is 2.26. The van der Waals surface area contributed by atoms with Crippen LogP contribution in [0.1, 0.15) is 24.8 Å². The summed E-state index contributed by atoms with van der Waals surface area (Å²) in [6, 6.07) is 6.72. The summed E-state index contributed by atoms with van der Waals surface area (Å²) in [7, 11) is -3.48. The van der Waals surface area contributed by atoms with Crippen LogP contribution in [0.3, 0.4) is 0 Å². The number of benzene rings is 1. The van der Waals surface area contributed by atoms with E-state index in [2.05, 4.69) is 15.8 Å². The molecule has 1 amide bonds. The Hall–Kier alpha value is -1.49. The molecule has 8 nitrogen and oxygen atoms in total. The molecule has 2 heterocycles. The Kier molecular flexibility index (Phi) is 8.21.